The fourth-order valence-electron chi connectivity index (χ4n) is 5.71. The van der Waals surface area contributed by atoms with E-state index in [1.165, 1.54) is 77.9 Å². The van der Waals surface area contributed by atoms with Gasteiger partial charge in [0, 0.05) is 5.41 Å². The van der Waals surface area contributed by atoms with Crippen LogP contribution in [0, 0.1) is 69.2 Å². The molecule has 0 atom stereocenters. The molecule has 0 unspecified atom stereocenters. The zero-order valence-electron chi connectivity index (χ0n) is 35.7. The molecule has 0 heteroatoms. The van der Waals surface area contributed by atoms with Crippen LogP contribution >= 0.6 is 0 Å². The molecule has 7 aromatic rings. The molecular formula is C55H64. The van der Waals surface area contributed by atoms with Gasteiger partial charge >= 0.3 is 0 Å². The topological polar surface area (TPSA) is 0 Å². The van der Waals surface area contributed by atoms with E-state index in [4.69, 9.17) is 0 Å². The van der Waals surface area contributed by atoms with Crippen LogP contribution in [0.2, 0.25) is 0 Å². The Morgan fingerprint density at radius 1 is 0.255 bits per heavy atom. The van der Waals surface area contributed by atoms with Crippen LogP contribution < -0.4 is 0 Å². The van der Waals surface area contributed by atoms with E-state index in [2.05, 4.69) is 253 Å². The van der Waals surface area contributed by atoms with E-state index in [1.807, 2.05) is 0 Å². The monoisotopic (exact) mass is 725 g/mol. The van der Waals surface area contributed by atoms with Crippen molar-refractivity contribution in [2.24, 2.45) is 0 Å². The van der Waals surface area contributed by atoms with Gasteiger partial charge in [-0.25, -0.2) is 0 Å². The fourth-order valence-corrected chi connectivity index (χ4v) is 5.71. The fraction of sp³-hybridized carbons (Fsp3) is 0.236. The number of hydrogen-bond acceptors (Lipinski definition) is 0. The van der Waals surface area contributed by atoms with Crippen molar-refractivity contribution in [3.8, 4) is 11.1 Å². The normalized spacial score (nSPS) is 10.2. The summed E-state index contributed by atoms with van der Waals surface area (Å²) in [6.45, 7) is 25.7. The number of aryl methyl sites for hydroxylation is 10. The van der Waals surface area contributed by atoms with E-state index in [-0.39, 0.29) is 5.41 Å². The molecular weight excluding hydrogens is 661 g/mol. The molecule has 0 saturated carbocycles. The van der Waals surface area contributed by atoms with Crippen LogP contribution in [0.3, 0.4) is 0 Å². The van der Waals surface area contributed by atoms with Crippen molar-refractivity contribution in [3.05, 3.63) is 237 Å². The molecule has 0 saturated heterocycles. The molecule has 55 heavy (non-hydrogen) atoms. The molecule has 0 aliphatic carbocycles. The lowest BCUT2D eigenvalue weighted by Crippen LogP contribution is -2.18. The van der Waals surface area contributed by atoms with Crippen molar-refractivity contribution in [1.82, 2.24) is 0 Å². The van der Waals surface area contributed by atoms with E-state index in [0.717, 1.165) is 0 Å². The molecule has 284 valence electrons. The molecule has 0 nitrogen and oxygen atoms in total. The van der Waals surface area contributed by atoms with E-state index in [0.29, 0.717) is 0 Å². The Kier molecular flexibility index (Phi) is 17.6. The number of benzene rings is 7. The number of rotatable bonds is 3. The van der Waals surface area contributed by atoms with Crippen molar-refractivity contribution >= 4 is 0 Å². The summed E-state index contributed by atoms with van der Waals surface area (Å²) in [4.78, 5) is 0. The second kappa shape index (κ2) is 22.0. The minimum atomic E-state index is 0.0708. The summed E-state index contributed by atoms with van der Waals surface area (Å²) >= 11 is 0. The molecule has 0 radical (unpaired) electrons. The highest BCUT2D eigenvalue weighted by Gasteiger charge is 2.22. The third kappa shape index (κ3) is 15.8. The molecule has 0 bridgehead atoms. The Balaban J connectivity index is 0.000000192. The van der Waals surface area contributed by atoms with Crippen LogP contribution in [-0.4, -0.2) is 0 Å². The molecule has 7 aromatic carbocycles. The molecule has 0 aromatic heterocycles. The third-order valence-electron chi connectivity index (χ3n) is 9.80. The van der Waals surface area contributed by atoms with Crippen LogP contribution in [0.5, 0.6) is 0 Å². The lowest BCUT2D eigenvalue weighted by atomic mass is 9.78. The molecule has 0 fully saturated rings. The highest BCUT2D eigenvalue weighted by atomic mass is 14.3. The average molecular weight is 725 g/mol. The van der Waals surface area contributed by atoms with Crippen molar-refractivity contribution < 1.29 is 0 Å². The van der Waals surface area contributed by atoms with Gasteiger partial charge in [0.2, 0.25) is 0 Å². The molecule has 0 heterocycles. The van der Waals surface area contributed by atoms with Gasteiger partial charge in [-0.05, 0) is 103 Å². The van der Waals surface area contributed by atoms with E-state index in [1.54, 1.807) is 0 Å². The van der Waals surface area contributed by atoms with Gasteiger partial charge in [-0.15, -0.1) is 0 Å². The van der Waals surface area contributed by atoms with Gasteiger partial charge in [0.05, 0.1) is 0 Å². The Hall–Kier alpha value is -5.46. The molecule has 0 spiro atoms. The Morgan fingerprint density at radius 3 is 0.745 bits per heavy atom. The maximum absolute atomic E-state index is 2.28. The van der Waals surface area contributed by atoms with Crippen molar-refractivity contribution in [1.29, 1.82) is 0 Å². The highest BCUT2D eigenvalue weighted by Crippen LogP contribution is 2.31. The van der Waals surface area contributed by atoms with E-state index < -0.39 is 0 Å². The predicted octanol–water partition coefficient (Wildman–Crippen LogP) is 15.5. The van der Waals surface area contributed by atoms with E-state index >= 15 is 0 Å². The minimum absolute atomic E-state index is 0.0708. The van der Waals surface area contributed by atoms with Crippen LogP contribution in [0.25, 0.3) is 11.1 Å². The first kappa shape index (κ1) is 43.9. The quantitative estimate of drug-likeness (QED) is 0.170. The van der Waals surface area contributed by atoms with Gasteiger partial charge in [0.25, 0.3) is 0 Å². The zero-order chi connectivity index (χ0) is 40.4. The maximum Gasteiger partial charge on any atom is 0.0146 e. The third-order valence-corrected chi connectivity index (χ3v) is 9.80. The molecule has 0 aliphatic rings. The SMILES string of the molecule is Cc1ccc(-c2ccc(C)cc2)cc1.Cc1ccc(C(C)(C)c2ccc(C)cc2)cc1.Cc1ccc(C)cc1.Cc1cccc(C)c1.Cc1ccccc1C. The first-order chi connectivity index (χ1) is 26.1. The van der Waals surface area contributed by atoms with Gasteiger partial charge in [-0.1, -0.05) is 228 Å². The predicted molar refractivity (Wildman–Crippen MR) is 244 cm³/mol. The molecule has 7 rings (SSSR count). The number of hydrogen-bond donors (Lipinski definition) is 0. The largest absolute Gasteiger partial charge is 0.0620 e. The summed E-state index contributed by atoms with van der Waals surface area (Å²) in [7, 11) is 0. The van der Waals surface area contributed by atoms with Crippen LogP contribution in [0.4, 0.5) is 0 Å². The first-order valence-corrected chi connectivity index (χ1v) is 19.5. The molecule has 0 aliphatic heterocycles. The van der Waals surface area contributed by atoms with Gasteiger partial charge in [-0.3, -0.25) is 0 Å². The first-order valence-electron chi connectivity index (χ1n) is 19.5. The van der Waals surface area contributed by atoms with E-state index in [9.17, 15) is 0 Å². The summed E-state index contributed by atoms with van der Waals surface area (Å²) in [5.74, 6) is 0. The Labute approximate surface area is 335 Å². The van der Waals surface area contributed by atoms with Crippen molar-refractivity contribution in [2.45, 2.75) is 88.5 Å². The van der Waals surface area contributed by atoms with Crippen molar-refractivity contribution in [2.75, 3.05) is 0 Å². The Bertz CT molecular complexity index is 1960. The smallest absolute Gasteiger partial charge is 0.0146 e. The Morgan fingerprint density at radius 2 is 0.509 bits per heavy atom. The van der Waals surface area contributed by atoms with Gasteiger partial charge in [0.15, 0.2) is 0 Å². The summed E-state index contributed by atoms with van der Waals surface area (Å²) in [5, 5.41) is 0. The highest BCUT2D eigenvalue weighted by molar-refractivity contribution is 5.63. The van der Waals surface area contributed by atoms with Gasteiger partial charge in [-0.2, -0.15) is 0 Å². The summed E-state index contributed by atoms with van der Waals surface area (Å²) < 4.78 is 0. The van der Waals surface area contributed by atoms with Crippen molar-refractivity contribution in [3.63, 3.8) is 0 Å². The lowest BCUT2D eigenvalue weighted by Gasteiger charge is -2.26. The second-order valence-electron chi connectivity index (χ2n) is 15.5. The zero-order valence-corrected chi connectivity index (χ0v) is 35.7. The minimum Gasteiger partial charge on any atom is -0.0620 e. The van der Waals surface area contributed by atoms with Crippen LogP contribution in [0.15, 0.2) is 170 Å². The standard InChI is InChI=1S/C17H20.C14H14.3C8H10/c1-13-5-9-15(10-6-13)17(3,4)16-11-7-14(2)8-12-16;1-11-3-7-13(8-4-11)14-9-5-12(2)6-10-14;1-7-3-5-8(2)6-4-7;1-7-4-3-5-8(2)6-7;1-7-5-3-4-6-8(7)2/h5-12H,1-4H3;3-10H,1-2H3;3*3-6H,1-2H3. The second-order valence-corrected chi connectivity index (χ2v) is 15.5. The summed E-state index contributed by atoms with van der Waals surface area (Å²) in [6, 6.07) is 60.2. The van der Waals surface area contributed by atoms with Gasteiger partial charge in [0.1, 0.15) is 0 Å². The molecule has 0 N–H and O–H groups in total. The van der Waals surface area contributed by atoms with Gasteiger partial charge < -0.3 is 0 Å². The lowest BCUT2D eigenvalue weighted by molar-refractivity contribution is 0.640. The maximum atomic E-state index is 2.28. The average Bonchev–Trinajstić information content (AvgIpc) is 3.16. The molecule has 0 amide bonds. The van der Waals surface area contributed by atoms with Crippen LogP contribution in [0.1, 0.15) is 80.6 Å². The summed E-state index contributed by atoms with van der Waals surface area (Å²) in [5.41, 5.74) is 18.7. The van der Waals surface area contributed by atoms with Crippen LogP contribution in [-0.2, 0) is 5.41 Å². The summed E-state index contributed by atoms with van der Waals surface area (Å²) in [6.07, 6.45) is 0.